The molecule has 0 fully saturated rings. The van der Waals surface area contributed by atoms with Crippen LogP contribution in [0.4, 0.5) is 0 Å². The molecule has 90 valence electrons. The van der Waals surface area contributed by atoms with Crippen LogP contribution in [0.25, 0.3) is 0 Å². The molecular weight excluding hydrogens is 196 g/mol. The minimum absolute atomic E-state index is 0.247. The summed E-state index contributed by atoms with van der Waals surface area (Å²) in [5.41, 5.74) is 2.99. The van der Waals surface area contributed by atoms with Gasteiger partial charge in [-0.05, 0) is 23.0 Å². The molecule has 0 saturated heterocycles. The number of benzene rings is 1. The Kier molecular flexibility index (Phi) is 6.75. The van der Waals surface area contributed by atoms with Gasteiger partial charge in [0.2, 0.25) is 0 Å². The molecule has 0 amide bonds. The Balaban J connectivity index is 0.000000673. The van der Waals surface area contributed by atoms with Gasteiger partial charge in [-0.1, -0.05) is 51.1 Å². The van der Waals surface area contributed by atoms with Gasteiger partial charge in [0.25, 0.3) is 0 Å². The molecule has 0 aromatic heterocycles. The van der Waals surface area contributed by atoms with Crippen molar-refractivity contribution >= 4 is 0 Å². The Hall–Kier alpha value is -1.08. The third-order valence-corrected chi connectivity index (χ3v) is 2.17. The molecule has 0 spiro atoms. The van der Waals surface area contributed by atoms with Crippen molar-refractivity contribution in [2.24, 2.45) is 0 Å². The lowest BCUT2D eigenvalue weighted by Gasteiger charge is -2.19. The first-order valence-electron chi connectivity index (χ1n) is 5.56. The first kappa shape index (κ1) is 14.9. The monoisotopic (exact) mass is 220 g/mol. The van der Waals surface area contributed by atoms with E-state index in [1.807, 2.05) is 6.08 Å². The Morgan fingerprint density at radius 2 is 1.81 bits per heavy atom. The van der Waals surface area contributed by atoms with Crippen LogP contribution >= 0.6 is 0 Å². The van der Waals surface area contributed by atoms with E-state index in [2.05, 4.69) is 56.4 Å². The van der Waals surface area contributed by atoms with E-state index < -0.39 is 0 Å². The zero-order valence-corrected chi connectivity index (χ0v) is 11.2. The Bertz CT molecular complexity index is 307. The zero-order chi connectivity index (χ0) is 12.6. The molecule has 1 rings (SSSR count). The van der Waals surface area contributed by atoms with E-state index in [9.17, 15) is 0 Å². The molecule has 0 aliphatic rings. The van der Waals surface area contributed by atoms with E-state index in [-0.39, 0.29) is 5.41 Å². The second-order valence-corrected chi connectivity index (χ2v) is 4.85. The second kappa shape index (κ2) is 7.24. The van der Waals surface area contributed by atoms with Gasteiger partial charge < -0.3 is 4.74 Å². The SMILES string of the molecule is C=CCc1cccc(C(C)(C)C)c1.COC. The highest BCUT2D eigenvalue weighted by Crippen LogP contribution is 2.22. The molecule has 0 bridgehead atoms. The Morgan fingerprint density at radius 3 is 2.25 bits per heavy atom. The fraction of sp³-hybridized carbons (Fsp3) is 0.467. The summed E-state index contributed by atoms with van der Waals surface area (Å²) in [6, 6.07) is 8.73. The van der Waals surface area contributed by atoms with Crippen molar-refractivity contribution in [1.82, 2.24) is 0 Å². The molecule has 16 heavy (non-hydrogen) atoms. The van der Waals surface area contributed by atoms with Gasteiger partial charge in [-0.15, -0.1) is 6.58 Å². The number of ether oxygens (including phenoxy) is 1. The minimum Gasteiger partial charge on any atom is -0.388 e. The third-order valence-electron chi connectivity index (χ3n) is 2.17. The van der Waals surface area contributed by atoms with Gasteiger partial charge in [-0.2, -0.15) is 0 Å². The number of hydrogen-bond donors (Lipinski definition) is 0. The first-order chi connectivity index (χ1) is 7.45. The van der Waals surface area contributed by atoms with E-state index in [1.165, 1.54) is 11.1 Å². The number of allylic oxidation sites excluding steroid dienone is 1. The lowest BCUT2D eigenvalue weighted by Crippen LogP contribution is -2.11. The van der Waals surface area contributed by atoms with Crippen LogP contribution in [-0.4, -0.2) is 14.2 Å². The molecule has 0 aliphatic heterocycles. The Morgan fingerprint density at radius 1 is 1.25 bits per heavy atom. The highest BCUT2D eigenvalue weighted by atomic mass is 16.4. The van der Waals surface area contributed by atoms with Crippen molar-refractivity contribution in [3.8, 4) is 0 Å². The normalized spacial score (nSPS) is 10.3. The number of rotatable bonds is 2. The van der Waals surface area contributed by atoms with E-state index in [0.717, 1.165) is 6.42 Å². The second-order valence-electron chi connectivity index (χ2n) is 4.85. The number of methoxy groups -OCH3 is 1. The van der Waals surface area contributed by atoms with Crippen LogP contribution in [0.2, 0.25) is 0 Å². The van der Waals surface area contributed by atoms with Gasteiger partial charge in [0.15, 0.2) is 0 Å². The van der Waals surface area contributed by atoms with Crippen LogP contribution in [0.5, 0.6) is 0 Å². The van der Waals surface area contributed by atoms with Crippen LogP contribution in [0, 0.1) is 0 Å². The van der Waals surface area contributed by atoms with E-state index in [1.54, 1.807) is 14.2 Å². The van der Waals surface area contributed by atoms with Crippen molar-refractivity contribution in [3.63, 3.8) is 0 Å². The smallest absolute Gasteiger partial charge is 0.0351 e. The molecule has 1 aromatic carbocycles. The van der Waals surface area contributed by atoms with Gasteiger partial charge in [0.05, 0.1) is 0 Å². The molecule has 0 N–H and O–H groups in total. The summed E-state index contributed by atoms with van der Waals surface area (Å²) in [5, 5.41) is 0. The van der Waals surface area contributed by atoms with Crippen LogP contribution < -0.4 is 0 Å². The van der Waals surface area contributed by atoms with Crippen molar-refractivity contribution < 1.29 is 4.74 Å². The lowest BCUT2D eigenvalue weighted by atomic mass is 9.86. The molecule has 1 heteroatoms. The molecule has 0 atom stereocenters. The lowest BCUT2D eigenvalue weighted by molar-refractivity contribution is 0.277. The molecular formula is C15H24O. The van der Waals surface area contributed by atoms with Gasteiger partial charge in [-0.3, -0.25) is 0 Å². The van der Waals surface area contributed by atoms with E-state index >= 15 is 0 Å². The van der Waals surface area contributed by atoms with Crippen molar-refractivity contribution in [1.29, 1.82) is 0 Å². The predicted octanol–water partition coefficient (Wildman–Crippen LogP) is 3.98. The number of hydrogen-bond acceptors (Lipinski definition) is 1. The van der Waals surface area contributed by atoms with Crippen LogP contribution in [-0.2, 0) is 16.6 Å². The summed E-state index contributed by atoms with van der Waals surface area (Å²) in [6.07, 6.45) is 2.91. The van der Waals surface area contributed by atoms with Crippen molar-refractivity contribution in [2.75, 3.05) is 14.2 Å². The maximum absolute atomic E-state index is 4.25. The van der Waals surface area contributed by atoms with E-state index in [0.29, 0.717) is 0 Å². The minimum atomic E-state index is 0.247. The predicted molar refractivity (Wildman–Crippen MR) is 72.0 cm³/mol. The zero-order valence-electron chi connectivity index (χ0n) is 11.2. The van der Waals surface area contributed by atoms with Gasteiger partial charge in [-0.25, -0.2) is 0 Å². The highest BCUT2D eigenvalue weighted by molar-refractivity contribution is 5.29. The van der Waals surface area contributed by atoms with Gasteiger partial charge in [0.1, 0.15) is 0 Å². The van der Waals surface area contributed by atoms with Gasteiger partial charge in [0, 0.05) is 14.2 Å². The average Bonchev–Trinajstić information content (AvgIpc) is 2.18. The van der Waals surface area contributed by atoms with Crippen LogP contribution in [0.15, 0.2) is 36.9 Å². The van der Waals surface area contributed by atoms with Crippen molar-refractivity contribution in [3.05, 3.63) is 48.0 Å². The maximum atomic E-state index is 4.25. The van der Waals surface area contributed by atoms with Crippen LogP contribution in [0.3, 0.4) is 0 Å². The quantitative estimate of drug-likeness (QED) is 0.685. The molecule has 1 nitrogen and oxygen atoms in total. The summed E-state index contributed by atoms with van der Waals surface area (Å²) in [5.74, 6) is 0. The summed E-state index contributed by atoms with van der Waals surface area (Å²) in [6.45, 7) is 10.5. The summed E-state index contributed by atoms with van der Waals surface area (Å²) in [7, 11) is 3.25. The third kappa shape index (κ3) is 5.72. The molecule has 0 heterocycles. The highest BCUT2D eigenvalue weighted by Gasteiger charge is 2.12. The standard InChI is InChI=1S/C13H18.C2H6O/c1-5-7-11-8-6-9-12(10-11)13(2,3)4;1-3-2/h5-6,8-10H,1,7H2,2-4H3;1-2H3. The first-order valence-corrected chi connectivity index (χ1v) is 5.56. The summed E-state index contributed by atoms with van der Waals surface area (Å²) in [4.78, 5) is 0. The molecule has 0 saturated carbocycles. The Labute approximate surface area is 100 Å². The van der Waals surface area contributed by atoms with Crippen LogP contribution in [0.1, 0.15) is 31.9 Å². The summed E-state index contributed by atoms with van der Waals surface area (Å²) < 4.78 is 4.25. The molecule has 1 aromatic rings. The fourth-order valence-corrected chi connectivity index (χ4v) is 1.33. The van der Waals surface area contributed by atoms with E-state index in [4.69, 9.17) is 0 Å². The maximum Gasteiger partial charge on any atom is 0.0351 e. The fourth-order valence-electron chi connectivity index (χ4n) is 1.33. The van der Waals surface area contributed by atoms with Gasteiger partial charge >= 0.3 is 0 Å². The van der Waals surface area contributed by atoms with Crippen molar-refractivity contribution in [2.45, 2.75) is 32.6 Å². The molecule has 0 radical (unpaired) electrons. The largest absolute Gasteiger partial charge is 0.388 e. The average molecular weight is 220 g/mol. The topological polar surface area (TPSA) is 9.23 Å². The molecule has 0 unspecified atom stereocenters. The molecule has 0 aliphatic carbocycles. The summed E-state index contributed by atoms with van der Waals surface area (Å²) >= 11 is 0.